The predicted molar refractivity (Wildman–Crippen MR) is 78.4 cm³/mol. The highest BCUT2D eigenvalue weighted by molar-refractivity contribution is 7.17. The summed E-state index contributed by atoms with van der Waals surface area (Å²) < 4.78 is 0.215. The van der Waals surface area contributed by atoms with E-state index in [0.29, 0.717) is 11.4 Å². The van der Waals surface area contributed by atoms with Crippen molar-refractivity contribution >= 4 is 46.1 Å². The molecule has 0 aliphatic heterocycles. The van der Waals surface area contributed by atoms with E-state index in [9.17, 15) is 9.59 Å². The smallest absolute Gasteiger partial charge is 0.286 e. The van der Waals surface area contributed by atoms with Gasteiger partial charge in [0.1, 0.15) is 0 Å². The summed E-state index contributed by atoms with van der Waals surface area (Å²) in [4.78, 5) is 22.9. The Labute approximate surface area is 124 Å². The lowest BCUT2D eigenvalue weighted by Gasteiger charge is -2.09. The normalized spacial score (nSPS) is 10.2. The number of nitrogens with zero attached hydrogens (tertiary/aromatic N) is 2. The summed E-state index contributed by atoms with van der Waals surface area (Å²) in [5.41, 5.74) is 2.15. The molecular weight excluding hydrogens is 300 g/mol. The van der Waals surface area contributed by atoms with Crippen molar-refractivity contribution in [3.05, 3.63) is 33.2 Å². The molecule has 0 atom stereocenters. The van der Waals surface area contributed by atoms with E-state index in [0.717, 1.165) is 16.9 Å². The van der Waals surface area contributed by atoms with Gasteiger partial charge in [0.2, 0.25) is 15.4 Å². The van der Waals surface area contributed by atoms with Crippen LogP contribution >= 0.6 is 22.9 Å². The molecule has 0 saturated carbocycles. The molecular formula is C12H11ClN4O2S. The maximum atomic E-state index is 11.9. The molecule has 8 heteroatoms. The quantitative estimate of drug-likeness (QED) is 0.913. The minimum absolute atomic E-state index is 0.145. The van der Waals surface area contributed by atoms with Crippen LogP contribution < -0.4 is 10.6 Å². The van der Waals surface area contributed by atoms with Crippen LogP contribution in [0.4, 0.5) is 11.4 Å². The Hall–Kier alpha value is -1.99. The number of halogens is 1. The summed E-state index contributed by atoms with van der Waals surface area (Å²) >= 11 is 6.63. The van der Waals surface area contributed by atoms with Crippen LogP contribution in [-0.4, -0.2) is 22.0 Å². The standard InChI is InChI=1S/C12H11ClN4O2S/c1-6-5-8(3-4-9(6)14-7(2)18)15-10(19)11-16-17-12(13)20-11/h3-5H,1-2H3,(H,14,18)(H,15,19). The maximum Gasteiger partial charge on any atom is 0.286 e. The molecule has 104 valence electrons. The molecule has 0 spiro atoms. The summed E-state index contributed by atoms with van der Waals surface area (Å²) in [6.07, 6.45) is 0. The van der Waals surface area contributed by atoms with Crippen LogP contribution in [0.1, 0.15) is 22.3 Å². The summed E-state index contributed by atoms with van der Waals surface area (Å²) in [5.74, 6) is -0.519. The number of rotatable bonds is 3. The molecule has 20 heavy (non-hydrogen) atoms. The van der Waals surface area contributed by atoms with Gasteiger partial charge in [-0.25, -0.2) is 0 Å². The minimum atomic E-state index is -0.374. The number of carbonyl (C=O) groups excluding carboxylic acids is 2. The van der Waals surface area contributed by atoms with Crippen LogP contribution in [0.2, 0.25) is 4.47 Å². The van der Waals surface area contributed by atoms with Crippen LogP contribution in [0.3, 0.4) is 0 Å². The fraction of sp³-hybridized carbons (Fsp3) is 0.167. The minimum Gasteiger partial charge on any atom is -0.326 e. The number of aromatic nitrogens is 2. The molecule has 1 heterocycles. The molecule has 2 rings (SSSR count). The van der Waals surface area contributed by atoms with Gasteiger partial charge in [-0.3, -0.25) is 9.59 Å². The predicted octanol–water partition coefficient (Wildman–Crippen LogP) is 2.71. The van der Waals surface area contributed by atoms with E-state index in [4.69, 9.17) is 11.6 Å². The Balaban J connectivity index is 2.12. The van der Waals surface area contributed by atoms with E-state index < -0.39 is 0 Å². The highest BCUT2D eigenvalue weighted by Gasteiger charge is 2.12. The van der Waals surface area contributed by atoms with Gasteiger partial charge < -0.3 is 10.6 Å². The first-order chi connectivity index (χ1) is 9.45. The van der Waals surface area contributed by atoms with Crippen molar-refractivity contribution in [3.8, 4) is 0 Å². The first kappa shape index (κ1) is 14.4. The lowest BCUT2D eigenvalue weighted by Crippen LogP contribution is -2.12. The summed E-state index contributed by atoms with van der Waals surface area (Å²) in [7, 11) is 0. The Morgan fingerprint density at radius 1 is 1.25 bits per heavy atom. The lowest BCUT2D eigenvalue weighted by molar-refractivity contribution is -0.114. The number of hydrogen-bond donors (Lipinski definition) is 2. The second-order valence-corrected chi connectivity index (χ2v) is 5.58. The number of hydrogen-bond acceptors (Lipinski definition) is 5. The largest absolute Gasteiger partial charge is 0.326 e. The fourth-order valence-electron chi connectivity index (χ4n) is 1.55. The van der Waals surface area contributed by atoms with Crippen molar-refractivity contribution in [1.82, 2.24) is 10.2 Å². The van der Waals surface area contributed by atoms with Gasteiger partial charge in [-0.2, -0.15) is 0 Å². The molecule has 6 nitrogen and oxygen atoms in total. The van der Waals surface area contributed by atoms with E-state index >= 15 is 0 Å². The Bertz CT molecular complexity index is 671. The van der Waals surface area contributed by atoms with E-state index in [1.165, 1.54) is 6.92 Å². The molecule has 0 fully saturated rings. The number of benzene rings is 1. The van der Waals surface area contributed by atoms with Gasteiger partial charge in [0.05, 0.1) is 0 Å². The van der Waals surface area contributed by atoms with Crippen molar-refractivity contribution in [2.75, 3.05) is 10.6 Å². The molecule has 2 aromatic rings. The van der Waals surface area contributed by atoms with Gasteiger partial charge in [0, 0.05) is 18.3 Å². The average molecular weight is 311 g/mol. The first-order valence-corrected chi connectivity index (χ1v) is 6.84. The summed E-state index contributed by atoms with van der Waals surface area (Å²) in [6, 6.07) is 5.17. The van der Waals surface area contributed by atoms with Gasteiger partial charge in [-0.1, -0.05) is 11.3 Å². The van der Waals surface area contributed by atoms with Crippen molar-refractivity contribution in [2.24, 2.45) is 0 Å². The van der Waals surface area contributed by atoms with E-state index in [1.54, 1.807) is 18.2 Å². The average Bonchev–Trinajstić information content (AvgIpc) is 2.79. The summed E-state index contributed by atoms with van der Waals surface area (Å²) in [6.45, 7) is 3.27. The number of nitrogens with one attached hydrogen (secondary N) is 2. The van der Waals surface area contributed by atoms with Crippen LogP contribution in [0.5, 0.6) is 0 Å². The zero-order valence-corrected chi connectivity index (χ0v) is 12.3. The first-order valence-electron chi connectivity index (χ1n) is 5.64. The van der Waals surface area contributed by atoms with Crippen molar-refractivity contribution in [3.63, 3.8) is 0 Å². The third-order valence-electron chi connectivity index (χ3n) is 2.39. The molecule has 0 saturated heterocycles. The fourth-order valence-corrected chi connectivity index (χ4v) is 2.28. The lowest BCUT2D eigenvalue weighted by atomic mass is 10.1. The van der Waals surface area contributed by atoms with Gasteiger partial charge in [0.25, 0.3) is 5.91 Å². The van der Waals surface area contributed by atoms with Crippen molar-refractivity contribution in [1.29, 1.82) is 0 Å². The monoisotopic (exact) mass is 310 g/mol. The van der Waals surface area contributed by atoms with Crippen LogP contribution in [0.25, 0.3) is 0 Å². The van der Waals surface area contributed by atoms with Gasteiger partial charge in [-0.05, 0) is 42.3 Å². The SMILES string of the molecule is CC(=O)Nc1ccc(NC(=O)c2nnc(Cl)s2)cc1C. The highest BCUT2D eigenvalue weighted by atomic mass is 35.5. The molecule has 2 amide bonds. The van der Waals surface area contributed by atoms with E-state index in [-0.39, 0.29) is 21.3 Å². The van der Waals surface area contributed by atoms with Gasteiger partial charge in [-0.15, -0.1) is 10.2 Å². The second kappa shape index (κ2) is 5.98. The summed E-state index contributed by atoms with van der Waals surface area (Å²) in [5, 5.41) is 12.8. The third kappa shape index (κ3) is 3.52. The Morgan fingerprint density at radius 2 is 2.00 bits per heavy atom. The number of carbonyl (C=O) groups is 2. The molecule has 1 aromatic carbocycles. The van der Waals surface area contributed by atoms with Crippen molar-refractivity contribution < 1.29 is 9.59 Å². The Kier molecular flexibility index (Phi) is 4.31. The maximum absolute atomic E-state index is 11.9. The van der Waals surface area contributed by atoms with Crippen LogP contribution in [0.15, 0.2) is 18.2 Å². The molecule has 0 aliphatic carbocycles. The zero-order valence-electron chi connectivity index (χ0n) is 10.7. The molecule has 0 unspecified atom stereocenters. The second-order valence-electron chi connectivity index (χ2n) is 4.03. The third-order valence-corrected chi connectivity index (χ3v) is 3.41. The molecule has 0 aliphatic rings. The van der Waals surface area contributed by atoms with Crippen LogP contribution in [-0.2, 0) is 4.79 Å². The van der Waals surface area contributed by atoms with Crippen molar-refractivity contribution in [2.45, 2.75) is 13.8 Å². The highest BCUT2D eigenvalue weighted by Crippen LogP contribution is 2.21. The molecule has 0 radical (unpaired) electrons. The van der Waals surface area contributed by atoms with E-state index in [2.05, 4.69) is 20.8 Å². The zero-order chi connectivity index (χ0) is 14.7. The number of anilines is 2. The van der Waals surface area contributed by atoms with E-state index in [1.807, 2.05) is 6.92 Å². The number of amides is 2. The van der Waals surface area contributed by atoms with Crippen LogP contribution in [0, 0.1) is 6.92 Å². The number of aryl methyl sites for hydroxylation is 1. The topological polar surface area (TPSA) is 84.0 Å². The molecule has 0 bridgehead atoms. The van der Waals surface area contributed by atoms with Gasteiger partial charge in [0.15, 0.2) is 0 Å². The van der Waals surface area contributed by atoms with Gasteiger partial charge >= 0.3 is 0 Å². The molecule has 1 aromatic heterocycles. The molecule has 2 N–H and O–H groups in total. The Morgan fingerprint density at radius 3 is 2.55 bits per heavy atom.